The summed E-state index contributed by atoms with van der Waals surface area (Å²) in [4.78, 5) is 0. The monoisotopic (exact) mass is 208 g/mol. The van der Waals surface area contributed by atoms with Gasteiger partial charge in [-0.2, -0.15) is 0 Å². The lowest BCUT2D eigenvalue weighted by Crippen LogP contribution is -1.98. The summed E-state index contributed by atoms with van der Waals surface area (Å²) in [6, 6.07) is 17.7. The number of fused-ring (bicyclic) bond motifs is 2. The van der Waals surface area contributed by atoms with Crippen molar-refractivity contribution in [3.63, 3.8) is 0 Å². The van der Waals surface area contributed by atoms with Gasteiger partial charge < -0.3 is 0 Å². The largest absolute Gasteiger partial charge is 0.0620 e. The Hall–Kier alpha value is -1.56. The fourth-order valence-corrected chi connectivity index (χ4v) is 2.75. The quantitative estimate of drug-likeness (QED) is 0.615. The van der Waals surface area contributed by atoms with E-state index >= 15 is 0 Å². The van der Waals surface area contributed by atoms with E-state index in [1.165, 1.54) is 28.7 Å². The van der Waals surface area contributed by atoms with Gasteiger partial charge in [-0.15, -0.1) is 0 Å². The van der Waals surface area contributed by atoms with Gasteiger partial charge in [0, 0.05) is 0 Å². The third kappa shape index (κ3) is 1.55. The van der Waals surface area contributed by atoms with Crippen molar-refractivity contribution in [2.45, 2.75) is 25.7 Å². The maximum atomic E-state index is 2.33. The number of hydrogen-bond acceptors (Lipinski definition) is 0. The fraction of sp³-hybridized carbons (Fsp3) is 0.250. The van der Waals surface area contributed by atoms with E-state index in [0.29, 0.717) is 5.92 Å². The van der Waals surface area contributed by atoms with Crippen LogP contribution in [0.25, 0.3) is 0 Å². The molecule has 0 heterocycles. The highest BCUT2D eigenvalue weighted by atomic mass is 14.2. The van der Waals surface area contributed by atoms with Crippen LogP contribution in [0.15, 0.2) is 48.5 Å². The highest BCUT2D eigenvalue weighted by Crippen LogP contribution is 2.31. The summed E-state index contributed by atoms with van der Waals surface area (Å²) in [7, 11) is 0. The Morgan fingerprint density at radius 3 is 2.25 bits per heavy atom. The summed E-state index contributed by atoms with van der Waals surface area (Å²) in [5.41, 5.74) is 6.05. The van der Waals surface area contributed by atoms with Crippen LogP contribution in [-0.4, -0.2) is 0 Å². The minimum Gasteiger partial charge on any atom is -0.0620 e. The molecule has 2 aromatic carbocycles. The molecule has 0 amide bonds. The molecular weight excluding hydrogens is 192 g/mol. The summed E-state index contributed by atoms with van der Waals surface area (Å²) in [6.45, 7) is 2.33. The first-order valence-electron chi connectivity index (χ1n) is 5.99. The Morgan fingerprint density at radius 1 is 0.812 bits per heavy atom. The molecule has 0 aliphatic heterocycles. The minimum atomic E-state index is 0.639. The number of hydrogen-bond donors (Lipinski definition) is 0. The topological polar surface area (TPSA) is 0 Å². The summed E-state index contributed by atoms with van der Waals surface area (Å²) in [5.74, 6) is 0.639. The fourth-order valence-electron chi connectivity index (χ4n) is 2.75. The summed E-state index contributed by atoms with van der Waals surface area (Å²) in [6.07, 6.45) is 2.27. The van der Waals surface area contributed by atoms with Gasteiger partial charge in [-0.05, 0) is 41.0 Å². The van der Waals surface area contributed by atoms with Gasteiger partial charge >= 0.3 is 0 Å². The van der Waals surface area contributed by atoms with E-state index in [4.69, 9.17) is 0 Å². The Labute approximate surface area is 96.9 Å². The van der Waals surface area contributed by atoms with Crippen LogP contribution in [0.3, 0.4) is 0 Å². The van der Waals surface area contributed by atoms with Gasteiger partial charge in [0.15, 0.2) is 0 Å². The first-order chi connectivity index (χ1) is 7.84. The zero-order valence-electron chi connectivity index (χ0n) is 9.61. The van der Waals surface area contributed by atoms with Crippen molar-refractivity contribution >= 4 is 0 Å². The van der Waals surface area contributed by atoms with Crippen molar-refractivity contribution < 1.29 is 0 Å². The molecule has 80 valence electrons. The molecule has 0 saturated carbocycles. The maximum Gasteiger partial charge on any atom is -0.00202 e. The van der Waals surface area contributed by atoms with Crippen molar-refractivity contribution in [2.75, 3.05) is 0 Å². The highest BCUT2D eigenvalue weighted by molar-refractivity contribution is 5.42. The standard InChI is InChI=1S/C16H16/c1-12-10-13-6-2-3-7-14(13)11-15-8-4-5-9-16(12)15/h2-9,12H,10-11H2,1H3/t12-/m1/s1. The second kappa shape index (κ2) is 3.79. The second-order valence-corrected chi connectivity index (χ2v) is 4.75. The molecule has 1 atom stereocenters. The Kier molecular flexibility index (Phi) is 2.28. The van der Waals surface area contributed by atoms with E-state index < -0.39 is 0 Å². The average Bonchev–Trinajstić information content (AvgIpc) is 2.45. The van der Waals surface area contributed by atoms with Crippen molar-refractivity contribution in [1.29, 1.82) is 0 Å². The van der Waals surface area contributed by atoms with Crippen molar-refractivity contribution in [3.05, 3.63) is 70.8 Å². The molecule has 0 spiro atoms. The van der Waals surface area contributed by atoms with Crippen LogP contribution >= 0.6 is 0 Å². The maximum absolute atomic E-state index is 2.33. The molecule has 2 aromatic rings. The Balaban J connectivity index is 2.15. The second-order valence-electron chi connectivity index (χ2n) is 4.75. The van der Waals surface area contributed by atoms with Gasteiger partial charge in [-0.25, -0.2) is 0 Å². The first kappa shape index (κ1) is 9.65. The Bertz CT molecular complexity index is 511. The SMILES string of the molecule is C[C@@H]1Cc2ccccc2Cc2ccccc21. The number of benzene rings is 2. The predicted octanol–water partition coefficient (Wildman–Crippen LogP) is 3.94. The third-order valence-corrected chi connectivity index (χ3v) is 3.61. The van der Waals surface area contributed by atoms with E-state index in [1.54, 1.807) is 0 Å². The van der Waals surface area contributed by atoms with Gasteiger partial charge in [-0.1, -0.05) is 55.5 Å². The molecule has 0 fully saturated rings. The third-order valence-electron chi connectivity index (χ3n) is 3.61. The summed E-state index contributed by atoms with van der Waals surface area (Å²) < 4.78 is 0. The van der Waals surface area contributed by atoms with E-state index in [9.17, 15) is 0 Å². The molecule has 0 unspecified atom stereocenters. The molecule has 1 aliphatic rings. The molecule has 1 aliphatic carbocycles. The lowest BCUT2D eigenvalue weighted by molar-refractivity contribution is 0.761. The van der Waals surface area contributed by atoms with Gasteiger partial charge in [-0.3, -0.25) is 0 Å². The van der Waals surface area contributed by atoms with Crippen LogP contribution in [0.4, 0.5) is 0 Å². The van der Waals surface area contributed by atoms with Crippen LogP contribution in [0, 0.1) is 0 Å². The van der Waals surface area contributed by atoms with Crippen molar-refractivity contribution in [2.24, 2.45) is 0 Å². The van der Waals surface area contributed by atoms with Crippen molar-refractivity contribution in [3.8, 4) is 0 Å². The smallest absolute Gasteiger partial charge is 0.00202 e. The normalized spacial score (nSPS) is 18.4. The molecule has 16 heavy (non-hydrogen) atoms. The van der Waals surface area contributed by atoms with Crippen LogP contribution in [0.5, 0.6) is 0 Å². The predicted molar refractivity (Wildman–Crippen MR) is 67.8 cm³/mol. The first-order valence-corrected chi connectivity index (χ1v) is 5.99. The lowest BCUT2D eigenvalue weighted by Gasteiger charge is -2.11. The molecule has 0 N–H and O–H groups in total. The van der Waals surface area contributed by atoms with Gasteiger partial charge in [0.1, 0.15) is 0 Å². The minimum absolute atomic E-state index is 0.639. The van der Waals surface area contributed by atoms with E-state index in [2.05, 4.69) is 55.5 Å². The molecule has 0 nitrogen and oxygen atoms in total. The molecule has 0 bridgehead atoms. The lowest BCUT2D eigenvalue weighted by atomic mass is 9.93. The molecule has 0 heteroatoms. The van der Waals surface area contributed by atoms with Gasteiger partial charge in [0.2, 0.25) is 0 Å². The van der Waals surface area contributed by atoms with Gasteiger partial charge in [0.05, 0.1) is 0 Å². The summed E-state index contributed by atoms with van der Waals surface area (Å²) >= 11 is 0. The summed E-state index contributed by atoms with van der Waals surface area (Å²) in [5, 5.41) is 0. The van der Waals surface area contributed by atoms with Crippen LogP contribution in [0.2, 0.25) is 0 Å². The van der Waals surface area contributed by atoms with E-state index in [-0.39, 0.29) is 0 Å². The molecule has 0 aromatic heterocycles. The zero-order chi connectivity index (χ0) is 11.0. The molecule has 0 radical (unpaired) electrons. The molecular formula is C16H16. The van der Waals surface area contributed by atoms with E-state index in [1.807, 2.05) is 0 Å². The van der Waals surface area contributed by atoms with Crippen molar-refractivity contribution in [1.82, 2.24) is 0 Å². The zero-order valence-corrected chi connectivity index (χ0v) is 9.61. The van der Waals surface area contributed by atoms with Gasteiger partial charge in [0.25, 0.3) is 0 Å². The van der Waals surface area contributed by atoms with Crippen LogP contribution in [-0.2, 0) is 12.8 Å². The Morgan fingerprint density at radius 2 is 1.44 bits per heavy atom. The molecule has 3 rings (SSSR count). The number of rotatable bonds is 0. The average molecular weight is 208 g/mol. The van der Waals surface area contributed by atoms with Crippen LogP contribution in [0.1, 0.15) is 35.1 Å². The van der Waals surface area contributed by atoms with E-state index in [0.717, 1.165) is 6.42 Å². The highest BCUT2D eigenvalue weighted by Gasteiger charge is 2.17. The molecule has 0 saturated heterocycles. The van der Waals surface area contributed by atoms with Crippen LogP contribution < -0.4 is 0 Å².